The van der Waals surface area contributed by atoms with Crippen molar-refractivity contribution in [3.63, 3.8) is 0 Å². The molecule has 26 heavy (non-hydrogen) atoms. The summed E-state index contributed by atoms with van der Waals surface area (Å²) >= 11 is 0. The molecule has 2 saturated carbocycles. The Kier molecular flexibility index (Phi) is 4.56. The summed E-state index contributed by atoms with van der Waals surface area (Å²) in [6.07, 6.45) is 0.922. The standard InChI is InChI=1S/C20H28O6/c1-6-10(2)17(22)26-15-14-11(3)18(23)25-12(14)9-19(4)13(21)7-8-20(5,24)16(15)19/h6,12-16,21,24H,3,7-9H2,1-2,4-5H3. The van der Waals surface area contributed by atoms with E-state index in [0.717, 1.165) is 0 Å². The maximum absolute atomic E-state index is 12.5. The molecule has 0 amide bonds. The maximum atomic E-state index is 12.5. The molecule has 7 atom stereocenters. The fourth-order valence-corrected chi connectivity index (χ4v) is 5.17. The van der Waals surface area contributed by atoms with Gasteiger partial charge < -0.3 is 19.7 Å². The van der Waals surface area contributed by atoms with E-state index in [1.807, 2.05) is 6.92 Å². The van der Waals surface area contributed by atoms with Crippen LogP contribution in [0.15, 0.2) is 23.8 Å². The molecule has 0 bridgehead atoms. The van der Waals surface area contributed by atoms with E-state index < -0.39 is 53.1 Å². The highest BCUT2D eigenvalue weighted by atomic mass is 16.6. The molecular weight excluding hydrogens is 336 g/mol. The van der Waals surface area contributed by atoms with Crippen LogP contribution in [0.2, 0.25) is 0 Å². The molecule has 0 radical (unpaired) electrons. The third-order valence-corrected chi connectivity index (χ3v) is 6.71. The average molecular weight is 364 g/mol. The Bertz CT molecular complexity index is 678. The largest absolute Gasteiger partial charge is 0.458 e. The predicted octanol–water partition coefficient (Wildman–Crippen LogP) is 1.89. The first-order valence-electron chi connectivity index (χ1n) is 9.17. The van der Waals surface area contributed by atoms with Crippen LogP contribution in [-0.2, 0) is 19.1 Å². The molecule has 0 aromatic heterocycles. The van der Waals surface area contributed by atoms with Crippen molar-refractivity contribution in [2.24, 2.45) is 17.3 Å². The molecule has 0 spiro atoms. The highest BCUT2D eigenvalue weighted by Crippen LogP contribution is 2.59. The van der Waals surface area contributed by atoms with Crippen LogP contribution in [0.5, 0.6) is 0 Å². The van der Waals surface area contributed by atoms with Crippen LogP contribution in [0.4, 0.5) is 0 Å². The van der Waals surface area contributed by atoms with Crippen LogP contribution < -0.4 is 0 Å². The van der Waals surface area contributed by atoms with Crippen molar-refractivity contribution in [2.45, 2.75) is 70.9 Å². The van der Waals surface area contributed by atoms with Gasteiger partial charge in [0.1, 0.15) is 12.2 Å². The molecule has 6 nitrogen and oxygen atoms in total. The second-order valence-electron chi connectivity index (χ2n) is 8.44. The van der Waals surface area contributed by atoms with Gasteiger partial charge in [-0.1, -0.05) is 19.6 Å². The van der Waals surface area contributed by atoms with Gasteiger partial charge in [0.05, 0.1) is 17.6 Å². The molecule has 2 aliphatic carbocycles. The van der Waals surface area contributed by atoms with E-state index in [1.165, 1.54) is 0 Å². The Morgan fingerprint density at radius 3 is 2.69 bits per heavy atom. The zero-order valence-electron chi connectivity index (χ0n) is 15.8. The first kappa shape index (κ1) is 19.1. The lowest BCUT2D eigenvalue weighted by Crippen LogP contribution is -2.65. The number of aliphatic hydroxyl groups is 2. The molecule has 0 aromatic rings. The van der Waals surface area contributed by atoms with Gasteiger partial charge in [0.15, 0.2) is 0 Å². The number of carbonyl (C=O) groups excluding carboxylic acids is 2. The fourth-order valence-electron chi connectivity index (χ4n) is 5.17. The van der Waals surface area contributed by atoms with Crippen molar-refractivity contribution in [3.05, 3.63) is 23.8 Å². The van der Waals surface area contributed by atoms with E-state index in [2.05, 4.69) is 6.58 Å². The minimum atomic E-state index is -1.14. The van der Waals surface area contributed by atoms with Gasteiger partial charge in [-0.15, -0.1) is 0 Å². The zero-order chi connectivity index (χ0) is 19.4. The average Bonchev–Trinajstić information content (AvgIpc) is 2.84. The smallest absolute Gasteiger partial charge is 0.334 e. The number of esters is 2. The van der Waals surface area contributed by atoms with Gasteiger partial charge >= 0.3 is 11.9 Å². The van der Waals surface area contributed by atoms with Gasteiger partial charge in [-0.3, -0.25) is 0 Å². The number of hydrogen-bond acceptors (Lipinski definition) is 6. The normalized spacial score (nSPS) is 45.6. The number of aliphatic hydroxyl groups excluding tert-OH is 1. The highest BCUT2D eigenvalue weighted by Gasteiger charge is 2.66. The molecule has 144 valence electrons. The lowest BCUT2D eigenvalue weighted by molar-refractivity contribution is -0.234. The van der Waals surface area contributed by atoms with Crippen molar-refractivity contribution < 1.29 is 29.3 Å². The lowest BCUT2D eigenvalue weighted by atomic mass is 9.50. The summed E-state index contributed by atoms with van der Waals surface area (Å²) in [7, 11) is 0. The summed E-state index contributed by atoms with van der Waals surface area (Å²) in [6, 6.07) is 0. The quantitative estimate of drug-likeness (QED) is 0.574. The molecular formula is C20H28O6. The molecule has 7 unspecified atom stereocenters. The molecule has 3 rings (SSSR count). The van der Waals surface area contributed by atoms with E-state index >= 15 is 0 Å². The molecule has 3 aliphatic rings. The SMILES string of the molecule is C=C1C(=O)OC2CC3(C)C(O)CCC(C)(O)C3C(OC(=O)C(C)=CC)C12. The number of hydrogen-bond donors (Lipinski definition) is 2. The van der Waals surface area contributed by atoms with Gasteiger partial charge in [-0.25, -0.2) is 9.59 Å². The summed E-state index contributed by atoms with van der Waals surface area (Å²) in [5.41, 5.74) is -1.16. The van der Waals surface area contributed by atoms with Crippen molar-refractivity contribution in [1.29, 1.82) is 0 Å². The topological polar surface area (TPSA) is 93.1 Å². The Balaban J connectivity index is 2.08. The number of ether oxygens (including phenoxy) is 2. The van der Waals surface area contributed by atoms with Crippen LogP contribution in [0.3, 0.4) is 0 Å². The van der Waals surface area contributed by atoms with E-state index in [-0.39, 0.29) is 5.57 Å². The number of fused-ring (bicyclic) bond motifs is 2. The van der Waals surface area contributed by atoms with Crippen molar-refractivity contribution in [3.8, 4) is 0 Å². The monoisotopic (exact) mass is 364 g/mol. The molecule has 1 aliphatic heterocycles. The molecule has 2 N–H and O–H groups in total. The zero-order valence-corrected chi connectivity index (χ0v) is 15.8. The first-order chi connectivity index (χ1) is 12.0. The summed E-state index contributed by atoms with van der Waals surface area (Å²) in [6.45, 7) is 10.8. The molecule has 3 fully saturated rings. The minimum absolute atomic E-state index is 0.267. The predicted molar refractivity (Wildman–Crippen MR) is 93.9 cm³/mol. The van der Waals surface area contributed by atoms with Crippen LogP contribution in [0.25, 0.3) is 0 Å². The van der Waals surface area contributed by atoms with E-state index in [4.69, 9.17) is 9.47 Å². The van der Waals surface area contributed by atoms with Gasteiger partial charge in [0.25, 0.3) is 0 Å². The van der Waals surface area contributed by atoms with Crippen LogP contribution in [0, 0.1) is 17.3 Å². The lowest BCUT2D eigenvalue weighted by Gasteiger charge is -2.59. The van der Waals surface area contributed by atoms with E-state index in [9.17, 15) is 19.8 Å². The Morgan fingerprint density at radius 1 is 1.42 bits per heavy atom. The number of allylic oxidation sites excluding steroid dienone is 1. The first-order valence-corrected chi connectivity index (χ1v) is 9.17. The maximum Gasteiger partial charge on any atom is 0.334 e. The molecule has 1 saturated heterocycles. The Labute approximate surface area is 153 Å². The second-order valence-corrected chi connectivity index (χ2v) is 8.44. The Hall–Kier alpha value is -1.66. The third-order valence-electron chi connectivity index (χ3n) is 6.71. The van der Waals surface area contributed by atoms with Gasteiger partial charge in [-0.2, -0.15) is 0 Å². The van der Waals surface area contributed by atoms with Crippen LogP contribution >= 0.6 is 0 Å². The van der Waals surface area contributed by atoms with Gasteiger partial charge in [-0.05, 0) is 40.0 Å². The summed E-state index contributed by atoms with van der Waals surface area (Å²) in [4.78, 5) is 24.6. The van der Waals surface area contributed by atoms with Crippen molar-refractivity contribution >= 4 is 11.9 Å². The molecule has 6 heteroatoms. The van der Waals surface area contributed by atoms with Crippen molar-refractivity contribution in [1.82, 2.24) is 0 Å². The number of rotatable bonds is 2. The Morgan fingerprint density at radius 2 is 2.08 bits per heavy atom. The fraction of sp³-hybridized carbons (Fsp3) is 0.700. The second kappa shape index (κ2) is 6.20. The summed E-state index contributed by atoms with van der Waals surface area (Å²) in [5.74, 6) is -2.03. The third kappa shape index (κ3) is 2.70. The molecule has 0 aromatic carbocycles. The molecule has 1 heterocycles. The summed E-state index contributed by atoms with van der Waals surface area (Å²) in [5, 5.41) is 21.9. The van der Waals surface area contributed by atoms with Crippen LogP contribution in [-0.4, -0.2) is 46.1 Å². The summed E-state index contributed by atoms with van der Waals surface area (Å²) < 4.78 is 11.3. The van der Waals surface area contributed by atoms with Crippen molar-refractivity contribution in [2.75, 3.05) is 0 Å². The van der Waals surface area contributed by atoms with E-state index in [1.54, 1.807) is 26.8 Å². The number of carbonyl (C=O) groups is 2. The van der Waals surface area contributed by atoms with E-state index in [0.29, 0.717) is 24.8 Å². The highest BCUT2D eigenvalue weighted by molar-refractivity contribution is 5.91. The van der Waals surface area contributed by atoms with Gasteiger partial charge in [0.2, 0.25) is 0 Å². The van der Waals surface area contributed by atoms with Crippen LogP contribution in [0.1, 0.15) is 47.0 Å². The minimum Gasteiger partial charge on any atom is -0.458 e. The van der Waals surface area contributed by atoms with Gasteiger partial charge in [0, 0.05) is 22.5 Å².